The smallest absolute Gasteiger partial charge is 0.342 e. The van der Waals surface area contributed by atoms with Gasteiger partial charge in [0.2, 0.25) is 0 Å². The van der Waals surface area contributed by atoms with E-state index in [1.54, 1.807) is 72.8 Å². The molecular formula is C26H24Cl2O7. The molecule has 7 nitrogen and oxygen atoms in total. The van der Waals surface area contributed by atoms with Gasteiger partial charge < -0.3 is 23.7 Å². The minimum atomic E-state index is -2.08. The third-order valence-corrected chi connectivity index (χ3v) is 6.09. The van der Waals surface area contributed by atoms with Crippen molar-refractivity contribution in [1.82, 2.24) is 0 Å². The average molecular weight is 519 g/mol. The molecule has 0 fully saturated rings. The van der Waals surface area contributed by atoms with Gasteiger partial charge in [-0.05, 0) is 35.4 Å². The number of rotatable bonds is 8. The van der Waals surface area contributed by atoms with Crippen molar-refractivity contribution in [3.8, 4) is 0 Å². The van der Waals surface area contributed by atoms with E-state index in [1.165, 1.54) is 28.4 Å². The summed E-state index contributed by atoms with van der Waals surface area (Å²) in [5.74, 6) is -3.83. The molecule has 0 radical (unpaired) electrons. The molecule has 35 heavy (non-hydrogen) atoms. The number of benzene rings is 2. The highest BCUT2D eigenvalue weighted by Crippen LogP contribution is 2.47. The van der Waals surface area contributed by atoms with Gasteiger partial charge in [0, 0.05) is 24.3 Å². The van der Waals surface area contributed by atoms with Crippen molar-refractivity contribution in [1.29, 1.82) is 0 Å². The van der Waals surface area contributed by atoms with E-state index in [9.17, 15) is 9.59 Å². The standard InChI is InChI=1S/C26H24Cl2O7/c1-31-23(29)21-22(24(30)32-2)26(33-3,34-4)35-25(21,15-13-17-9-5-7-11-19(17)27)16-14-18-10-6-8-12-20(18)28/h5-16H,1-4H3/b15-13+,16-14+. The van der Waals surface area contributed by atoms with E-state index in [0.717, 1.165) is 0 Å². The van der Waals surface area contributed by atoms with Gasteiger partial charge in [0.25, 0.3) is 0 Å². The minimum Gasteiger partial charge on any atom is -0.466 e. The summed E-state index contributed by atoms with van der Waals surface area (Å²) in [7, 11) is 4.89. The Morgan fingerprint density at radius 1 is 0.743 bits per heavy atom. The summed E-state index contributed by atoms with van der Waals surface area (Å²) in [6, 6.07) is 14.2. The van der Waals surface area contributed by atoms with Crippen molar-refractivity contribution in [2.24, 2.45) is 0 Å². The summed E-state index contributed by atoms with van der Waals surface area (Å²) in [6.45, 7) is 0. The fraction of sp³-hybridized carbons (Fsp3) is 0.231. The lowest BCUT2D eigenvalue weighted by Crippen LogP contribution is -2.42. The molecule has 184 valence electrons. The summed E-state index contributed by atoms with van der Waals surface area (Å²) >= 11 is 12.7. The third kappa shape index (κ3) is 5.19. The Bertz CT molecular complexity index is 1140. The second-order valence-corrected chi connectivity index (χ2v) is 8.12. The largest absolute Gasteiger partial charge is 0.466 e. The van der Waals surface area contributed by atoms with Crippen LogP contribution < -0.4 is 0 Å². The molecule has 0 saturated heterocycles. The molecule has 0 bridgehead atoms. The van der Waals surface area contributed by atoms with Gasteiger partial charge in [0.1, 0.15) is 11.2 Å². The van der Waals surface area contributed by atoms with Crippen LogP contribution in [0.2, 0.25) is 10.0 Å². The first-order chi connectivity index (χ1) is 16.8. The van der Waals surface area contributed by atoms with E-state index in [1.807, 2.05) is 0 Å². The molecule has 0 saturated carbocycles. The normalized spacial score (nSPS) is 16.7. The molecule has 0 atom stereocenters. The Morgan fingerprint density at radius 2 is 1.17 bits per heavy atom. The Balaban J connectivity index is 2.34. The number of hydrogen-bond acceptors (Lipinski definition) is 7. The number of carbonyl (C=O) groups excluding carboxylic acids is 2. The Hall–Kier alpha value is -2.94. The van der Waals surface area contributed by atoms with Crippen LogP contribution in [0, 0.1) is 0 Å². The lowest BCUT2D eigenvalue weighted by atomic mass is 9.89. The van der Waals surface area contributed by atoms with Crippen LogP contribution in [0.4, 0.5) is 0 Å². The average Bonchev–Trinajstić information content (AvgIpc) is 3.18. The van der Waals surface area contributed by atoms with Gasteiger partial charge in [-0.2, -0.15) is 0 Å². The SMILES string of the molecule is COC(=O)C1=C(C(=O)OC)C(OC)(OC)OC1(/C=C/c1ccccc1Cl)/C=C/c1ccccc1Cl. The van der Waals surface area contributed by atoms with Crippen molar-refractivity contribution >= 4 is 47.3 Å². The first-order valence-corrected chi connectivity index (χ1v) is 11.1. The number of carbonyl (C=O) groups is 2. The first-order valence-electron chi connectivity index (χ1n) is 10.4. The predicted molar refractivity (Wildman–Crippen MR) is 133 cm³/mol. The zero-order valence-electron chi connectivity index (χ0n) is 19.5. The molecule has 1 aliphatic heterocycles. The molecule has 2 aromatic rings. The van der Waals surface area contributed by atoms with Crippen LogP contribution in [0.15, 0.2) is 71.8 Å². The summed E-state index contributed by atoms with van der Waals surface area (Å²) in [5.41, 5.74) is -0.924. The van der Waals surface area contributed by atoms with E-state index in [2.05, 4.69) is 0 Å². The monoisotopic (exact) mass is 518 g/mol. The van der Waals surface area contributed by atoms with Crippen LogP contribution in [-0.4, -0.2) is 52.0 Å². The fourth-order valence-electron chi connectivity index (χ4n) is 3.67. The lowest BCUT2D eigenvalue weighted by Gasteiger charge is -2.31. The maximum Gasteiger partial charge on any atom is 0.342 e. The predicted octanol–water partition coefficient (Wildman–Crippen LogP) is 5.08. The van der Waals surface area contributed by atoms with Crippen molar-refractivity contribution in [2.75, 3.05) is 28.4 Å². The summed E-state index contributed by atoms with van der Waals surface area (Å²) in [4.78, 5) is 26.0. The molecule has 0 aliphatic carbocycles. The number of methoxy groups -OCH3 is 4. The molecule has 0 aromatic heterocycles. The second kappa shape index (κ2) is 11.2. The third-order valence-electron chi connectivity index (χ3n) is 5.40. The Kier molecular flexibility index (Phi) is 8.53. The maximum absolute atomic E-state index is 13.1. The van der Waals surface area contributed by atoms with Crippen molar-refractivity contribution < 1.29 is 33.3 Å². The van der Waals surface area contributed by atoms with Gasteiger partial charge in [-0.3, -0.25) is 0 Å². The molecule has 1 aliphatic rings. The van der Waals surface area contributed by atoms with E-state index in [4.69, 9.17) is 46.9 Å². The number of ether oxygens (including phenoxy) is 5. The molecule has 0 N–H and O–H groups in total. The minimum absolute atomic E-state index is 0.192. The number of halogens is 2. The number of esters is 2. The van der Waals surface area contributed by atoms with E-state index < -0.39 is 23.5 Å². The highest BCUT2D eigenvalue weighted by atomic mass is 35.5. The van der Waals surface area contributed by atoms with E-state index in [0.29, 0.717) is 21.2 Å². The molecule has 0 unspecified atom stereocenters. The summed E-state index contributed by atoms with van der Waals surface area (Å²) in [6.07, 6.45) is 6.41. The van der Waals surface area contributed by atoms with Gasteiger partial charge in [0.05, 0.1) is 19.8 Å². The topological polar surface area (TPSA) is 80.3 Å². The Labute approximate surface area is 213 Å². The van der Waals surface area contributed by atoms with Crippen LogP contribution in [-0.2, 0) is 33.3 Å². The Morgan fingerprint density at radius 3 is 1.57 bits per heavy atom. The zero-order valence-corrected chi connectivity index (χ0v) is 21.1. The first kappa shape index (κ1) is 26.7. The quantitative estimate of drug-likeness (QED) is 0.356. The van der Waals surface area contributed by atoms with Crippen LogP contribution in [0.1, 0.15) is 11.1 Å². The van der Waals surface area contributed by atoms with Crippen LogP contribution >= 0.6 is 23.2 Å². The van der Waals surface area contributed by atoms with Gasteiger partial charge in [-0.25, -0.2) is 9.59 Å². The van der Waals surface area contributed by atoms with Gasteiger partial charge >= 0.3 is 17.9 Å². The lowest BCUT2D eigenvalue weighted by molar-refractivity contribution is -0.341. The van der Waals surface area contributed by atoms with Crippen molar-refractivity contribution in [2.45, 2.75) is 11.6 Å². The molecule has 0 spiro atoms. The van der Waals surface area contributed by atoms with Gasteiger partial charge in [-0.15, -0.1) is 0 Å². The number of hydrogen-bond donors (Lipinski definition) is 0. The highest BCUT2D eigenvalue weighted by molar-refractivity contribution is 6.32. The van der Waals surface area contributed by atoms with Crippen LogP contribution in [0.3, 0.4) is 0 Å². The fourth-order valence-corrected chi connectivity index (χ4v) is 4.07. The van der Waals surface area contributed by atoms with Crippen molar-refractivity contribution in [3.63, 3.8) is 0 Å². The van der Waals surface area contributed by atoms with Crippen molar-refractivity contribution in [3.05, 3.63) is 93.0 Å². The van der Waals surface area contributed by atoms with Crippen LogP contribution in [0.25, 0.3) is 12.2 Å². The van der Waals surface area contributed by atoms with Gasteiger partial charge in [-0.1, -0.05) is 71.8 Å². The molecule has 3 rings (SSSR count). The second-order valence-electron chi connectivity index (χ2n) is 7.30. The molecule has 1 heterocycles. The zero-order chi connectivity index (χ0) is 25.6. The molecule has 0 amide bonds. The molecule has 9 heteroatoms. The summed E-state index contributed by atoms with van der Waals surface area (Å²) in [5, 5.41) is 0.932. The molecule has 2 aromatic carbocycles. The van der Waals surface area contributed by atoms with E-state index in [-0.39, 0.29) is 11.1 Å². The van der Waals surface area contributed by atoms with Crippen LogP contribution in [0.5, 0.6) is 0 Å². The van der Waals surface area contributed by atoms with E-state index >= 15 is 0 Å². The molecular weight excluding hydrogens is 495 g/mol. The maximum atomic E-state index is 13.1. The highest BCUT2D eigenvalue weighted by Gasteiger charge is 2.60. The summed E-state index contributed by atoms with van der Waals surface area (Å²) < 4.78 is 27.2. The van der Waals surface area contributed by atoms with Gasteiger partial charge in [0.15, 0.2) is 0 Å².